The van der Waals surface area contributed by atoms with Gasteiger partial charge in [-0.1, -0.05) is 17.3 Å². The summed E-state index contributed by atoms with van der Waals surface area (Å²) in [6.45, 7) is 1.83. The van der Waals surface area contributed by atoms with Gasteiger partial charge in [0.05, 0.1) is 55.1 Å². The van der Waals surface area contributed by atoms with Crippen LogP contribution in [0, 0.1) is 17.7 Å². The first kappa shape index (κ1) is 40.4. The number of rotatable bonds is 8. The number of halogens is 4. The highest BCUT2D eigenvalue weighted by Crippen LogP contribution is 2.37. The van der Waals surface area contributed by atoms with E-state index in [0.29, 0.717) is 43.9 Å². The average molecular weight is 820 g/mol. The number of pyridine rings is 1. The van der Waals surface area contributed by atoms with E-state index in [0.717, 1.165) is 25.0 Å². The molecule has 3 amide bonds. The Bertz CT molecular complexity index is 2170. The minimum absolute atomic E-state index is 0.00178. The number of ether oxygens (including phenoxy) is 3. The van der Waals surface area contributed by atoms with E-state index < -0.39 is 29.8 Å². The van der Waals surface area contributed by atoms with Crippen LogP contribution in [0.4, 0.5) is 17.6 Å². The Morgan fingerprint density at radius 2 is 1.80 bits per heavy atom. The normalized spacial score (nSPS) is 23.7. The molecule has 59 heavy (non-hydrogen) atoms. The van der Waals surface area contributed by atoms with Crippen LogP contribution in [0.2, 0.25) is 0 Å². The van der Waals surface area contributed by atoms with Crippen LogP contribution in [-0.2, 0) is 31.8 Å². The molecule has 5 atom stereocenters. The van der Waals surface area contributed by atoms with E-state index in [1.165, 1.54) is 27.8 Å². The Labute approximate surface area is 338 Å². The van der Waals surface area contributed by atoms with Crippen molar-refractivity contribution in [3.05, 3.63) is 89.5 Å². The van der Waals surface area contributed by atoms with E-state index in [1.54, 1.807) is 48.5 Å². The van der Waals surface area contributed by atoms with E-state index in [4.69, 9.17) is 14.2 Å². The van der Waals surface area contributed by atoms with Crippen molar-refractivity contribution in [2.24, 2.45) is 11.8 Å². The first-order chi connectivity index (χ1) is 28.4. The Hall–Kier alpha value is -5.42. The van der Waals surface area contributed by atoms with Crippen LogP contribution in [0.15, 0.2) is 66.9 Å². The molecule has 0 unspecified atom stereocenters. The number of nitrogens with zero attached hydrogens (tertiary/aromatic N) is 7. The fourth-order valence-electron chi connectivity index (χ4n) is 8.81. The van der Waals surface area contributed by atoms with Gasteiger partial charge in [0.1, 0.15) is 17.6 Å². The van der Waals surface area contributed by atoms with Crippen LogP contribution in [0.1, 0.15) is 60.1 Å². The maximum absolute atomic E-state index is 14.6. The van der Waals surface area contributed by atoms with Crippen LogP contribution >= 0.6 is 0 Å². The number of hydrogen-bond acceptors (Lipinski definition) is 9. The fourth-order valence-corrected chi connectivity index (χ4v) is 8.81. The van der Waals surface area contributed by atoms with Gasteiger partial charge in [-0.2, -0.15) is 13.2 Å². The van der Waals surface area contributed by atoms with Crippen molar-refractivity contribution in [3.8, 4) is 22.8 Å². The lowest BCUT2D eigenvalue weighted by atomic mass is 9.80. The molecule has 13 nitrogen and oxygen atoms in total. The summed E-state index contributed by atoms with van der Waals surface area (Å²) in [5, 5.41) is 8.30. The molecule has 6 bridgehead atoms. The van der Waals surface area contributed by atoms with Gasteiger partial charge < -0.3 is 28.9 Å². The van der Waals surface area contributed by atoms with Gasteiger partial charge in [-0.15, -0.1) is 5.10 Å². The quantitative estimate of drug-likeness (QED) is 0.210. The number of amides is 3. The van der Waals surface area contributed by atoms with Crippen molar-refractivity contribution in [1.82, 2.24) is 34.7 Å². The van der Waals surface area contributed by atoms with Crippen LogP contribution in [0.3, 0.4) is 0 Å². The minimum atomic E-state index is -4.69. The molecule has 2 aromatic heterocycles. The van der Waals surface area contributed by atoms with E-state index in [1.807, 2.05) is 4.90 Å². The predicted octanol–water partition coefficient (Wildman–Crippen LogP) is 5.56. The molecule has 0 spiro atoms. The molecule has 0 aliphatic carbocycles. The molecule has 2 aromatic carbocycles. The zero-order valence-electron chi connectivity index (χ0n) is 32.5. The van der Waals surface area contributed by atoms with Crippen LogP contribution in [-0.4, -0.2) is 117 Å². The Morgan fingerprint density at radius 1 is 0.983 bits per heavy atom. The highest BCUT2D eigenvalue weighted by Gasteiger charge is 2.45. The number of aromatic nitrogens is 4. The lowest BCUT2D eigenvalue weighted by Crippen LogP contribution is -2.52. The van der Waals surface area contributed by atoms with E-state index in [-0.39, 0.29) is 97.4 Å². The molecule has 3 fully saturated rings. The maximum atomic E-state index is 14.6. The minimum Gasteiger partial charge on any atom is -0.478 e. The molecule has 17 heteroatoms. The van der Waals surface area contributed by atoms with Crippen molar-refractivity contribution in [2.45, 2.75) is 69.5 Å². The van der Waals surface area contributed by atoms with Crippen molar-refractivity contribution in [1.29, 1.82) is 0 Å². The fraction of sp³-hybridized carbons (Fsp3) is 0.476. The number of likely N-dealkylation sites (tertiary alicyclic amines) is 1. The molecular weight excluding hydrogens is 774 g/mol. The third-order valence-electron chi connectivity index (χ3n) is 11.9. The second kappa shape index (κ2) is 17.0. The van der Waals surface area contributed by atoms with Gasteiger partial charge in [0.2, 0.25) is 17.7 Å². The number of alkyl halides is 3. The SMILES string of the molecule is COC[C@@H]1CCCN1C(=O)C[C@@H]1CCN2C[C@@H]1CCOc1cc(C(F)(F)F)cc(n1)-c1cccc(c1)C(=O)N1C[C@H](OCc3cn(-c4ccc(F)cc4)nn3)C[C@H]1C2=O. The van der Waals surface area contributed by atoms with Gasteiger partial charge in [-0.25, -0.2) is 14.1 Å². The second-order valence-electron chi connectivity index (χ2n) is 15.7. The molecule has 312 valence electrons. The molecule has 8 rings (SSSR count). The zero-order chi connectivity index (χ0) is 41.3. The lowest BCUT2D eigenvalue weighted by molar-refractivity contribution is -0.140. The van der Waals surface area contributed by atoms with Gasteiger partial charge >= 0.3 is 6.18 Å². The Balaban J connectivity index is 1.08. The third-order valence-corrected chi connectivity index (χ3v) is 11.9. The molecule has 4 aliphatic rings. The summed E-state index contributed by atoms with van der Waals surface area (Å²) in [6, 6.07) is 12.8. The van der Waals surface area contributed by atoms with E-state index in [9.17, 15) is 31.9 Å². The monoisotopic (exact) mass is 819 g/mol. The summed E-state index contributed by atoms with van der Waals surface area (Å²) in [5.41, 5.74) is 0.557. The maximum Gasteiger partial charge on any atom is 0.416 e. The molecule has 4 aliphatic heterocycles. The van der Waals surface area contributed by atoms with Gasteiger partial charge in [0.15, 0.2) is 0 Å². The average Bonchev–Trinajstić information content (AvgIpc) is 4.01. The summed E-state index contributed by atoms with van der Waals surface area (Å²) >= 11 is 0. The Kier molecular flexibility index (Phi) is 11.7. The molecule has 0 saturated carbocycles. The summed E-state index contributed by atoms with van der Waals surface area (Å²) in [7, 11) is 1.61. The van der Waals surface area contributed by atoms with Gasteiger partial charge in [-0.3, -0.25) is 14.4 Å². The third kappa shape index (κ3) is 8.95. The smallest absolute Gasteiger partial charge is 0.416 e. The first-order valence-corrected chi connectivity index (χ1v) is 19.9. The number of piperidine rings is 1. The van der Waals surface area contributed by atoms with Crippen LogP contribution < -0.4 is 4.74 Å². The van der Waals surface area contributed by atoms with Crippen molar-refractivity contribution < 1.29 is 46.2 Å². The highest BCUT2D eigenvalue weighted by atomic mass is 19.4. The largest absolute Gasteiger partial charge is 0.478 e. The molecule has 0 radical (unpaired) electrons. The summed E-state index contributed by atoms with van der Waals surface area (Å²) < 4.78 is 75.1. The number of methoxy groups -OCH3 is 1. The van der Waals surface area contributed by atoms with Crippen molar-refractivity contribution in [2.75, 3.05) is 46.5 Å². The van der Waals surface area contributed by atoms with Crippen LogP contribution in [0.25, 0.3) is 16.9 Å². The van der Waals surface area contributed by atoms with Crippen LogP contribution in [0.5, 0.6) is 5.88 Å². The molecule has 0 N–H and O–H groups in total. The number of fused-ring (bicyclic) bond motifs is 8. The molecule has 4 aromatic rings. The second-order valence-corrected chi connectivity index (χ2v) is 15.7. The molecule has 6 heterocycles. The van der Waals surface area contributed by atoms with E-state index in [2.05, 4.69) is 15.3 Å². The van der Waals surface area contributed by atoms with Crippen molar-refractivity contribution in [3.63, 3.8) is 0 Å². The van der Waals surface area contributed by atoms with Gasteiger partial charge in [0.25, 0.3) is 5.91 Å². The van der Waals surface area contributed by atoms with Crippen molar-refractivity contribution >= 4 is 17.7 Å². The number of carbonyl (C=O) groups excluding carboxylic acids is 3. The predicted molar refractivity (Wildman–Crippen MR) is 204 cm³/mol. The van der Waals surface area contributed by atoms with Gasteiger partial charge in [0, 0.05) is 63.3 Å². The highest BCUT2D eigenvalue weighted by molar-refractivity contribution is 5.99. The number of carbonyl (C=O) groups is 3. The number of benzene rings is 2. The summed E-state index contributed by atoms with van der Waals surface area (Å²) in [5.74, 6) is -1.67. The standard InChI is InChI=1S/C42H45F4N7O6/c1-57-25-34-6-3-13-51(34)39(54)17-26-11-14-50-21-29(26)12-15-58-38-19-30(42(44,45)46)18-36(47-38)27-4-2-5-28(16-27)40(55)52-23-35(20-37(52)41(50)56)59-24-32-22-53(49-48-32)33-9-7-31(43)8-10-33/h2,4-5,7-10,16,18-19,22,26,29,34-35,37H,3,6,11-15,17,20-21,23-25H2,1H3/t26-,29-,34-,35+,37-/m0/s1. The summed E-state index contributed by atoms with van der Waals surface area (Å²) in [6.07, 6.45) is -0.551. The number of hydrogen-bond donors (Lipinski definition) is 0. The molecule has 3 saturated heterocycles. The first-order valence-electron chi connectivity index (χ1n) is 19.9. The summed E-state index contributed by atoms with van der Waals surface area (Å²) in [4.78, 5) is 52.3. The lowest BCUT2D eigenvalue weighted by Gasteiger charge is -2.41. The Morgan fingerprint density at radius 3 is 2.59 bits per heavy atom. The zero-order valence-corrected chi connectivity index (χ0v) is 32.5. The van der Waals surface area contributed by atoms with E-state index >= 15 is 0 Å². The van der Waals surface area contributed by atoms with Gasteiger partial charge in [-0.05, 0) is 80.0 Å². The topological polar surface area (TPSA) is 132 Å². The molecular formula is C42H45F4N7O6.